The van der Waals surface area contributed by atoms with Crippen LogP contribution in [0.3, 0.4) is 0 Å². The van der Waals surface area contributed by atoms with Gasteiger partial charge >= 0.3 is 0 Å². The van der Waals surface area contributed by atoms with Crippen LogP contribution in [0.25, 0.3) is 0 Å². The van der Waals surface area contributed by atoms with Crippen LogP contribution in [0.1, 0.15) is 48.2 Å². The van der Waals surface area contributed by atoms with Crippen molar-refractivity contribution in [3.05, 3.63) is 65.2 Å². The van der Waals surface area contributed by atoms with Crippen LogP contribution in [0.4, 0.5) is 5.69 Å². The molecule has 0 saturated heterocycles. The molecule has 2 aromatic rings. The Labute approximate surface area is 143 Å². The number of anilines is 1. The molecule has 0 atom stereocenters. The van der Waals surface area contributed by atoms with Gasteiger partial charge in [-0.25, -0.2) is 0 Å². The maximum Gasteiger partial charge on any atom is 0.257 e. The average Bonchev–Trinajstić information content (AvgIpc) is 2.55. The van der Waals surface area contributed by atoms with Crippen molar-refractivity contribution in [2.75, 3.05) is 5.32 Å². The third-order valence-electron chi connectivity index (χ3n) is 3.68. The maximum atomic E-state index is 12.2. The summed E-state index contributed by atoms with van der Waals surface area (Å²) >= 11 is 5.26. The summed E-state index contributed by atoms with van der Waals surface area (Å²) in [5, 5.41) is 6.15. The fraction of sp³-hybridized carbons (Fsp3) is 0.263. The molecule has 0 aliphatic rings. The summed E-state index contributed by atoms with van der Waals surface area (Å²) in [6.07, 6.45) is 0.952. The number of benzene rings is 2. The predicted octanol–water partition coefficient (Wildman–Crippen LogP) is 4.50. The summed E-state index contributed by atoms with van der Waals surface area (Å²) in [6, 6.07) is 15.5. The first kappa shape index (κ1) is 17.2. The molecule has 2 rings (SSSR count). The quantitative estimate of drug-likeness (QED) is 0.813. The van der Waals surface area contributed by atoms with Crippen molar-refractivity contribution in [1.82, 2.24) is 5.32 Å². The van der Waals surface area contributed by atoms with Gasteiger partial charge in [0.15, 0.2) is 5.11 Å². The second-order valence-corrected chi connectivity index (χ2v) is 6.11. The van der Waals surface area contributed by atoms with Crippen LogP contribution < -0.4 is 10.6 Å². The topological polar surface area (TPSA) is 41.1 Å². The zero-order valence-corrected chi connectivity index (χ0v) is 14.5. The second kappa shape index (κ2) is 7.88. The van der Waals surface area contributed by atoms with Gasteiger partial charge in [0.05, 0.1) is 0 Å². The van der Waals surface area contributed by atoms with Gasteiger partial charge in [-0.15, -0.1) is 0 Å². The molecule has 23 heavy (non-hydrogen) atoms. The molecule has 1 amide bonds. The standard InChI is InChI=1S/C19H22N2OS/c1-4-14-9-11-15(12-10-14)18(22)21-19(23)20-17-8-6-5-7-16(17)13(2)3/h5-13H,4H2,1-3H3,(H2,20,21,22,23). The molecule has 0 saturated carbocycles. The van der Waals surface area contributed by atoms with Crippen molar-refractivity contribution >= 4 is 28.9 Å². The van der Waals surface area contributed by atoms with E-state index in [9.17, 15) is 4.79 Å². The highest BCUT2D eigenvalue weighted by molar-refractivity contribution is 7.80. The molecule has 4 heteroatoms. The Morgan fingerprint density at radius 3 is 2.35 bits per heavy atom. The molecule has 2 aromatic carbocycles. The molecule has 0 aliphatic carbocycles. The maximum absolute atomic E-state index is 12.2. The second-order valence-electron chi connectivity index (χ2n) is 5.70. The molecular weight excluding hydrogens is 304 g/mol. The van der Waals surface area contributed by atoms with Crippen LogP contribution in [-0.2, 0) is 6.42 Å². The minimum Gasteiger partial charge on any atom is -0.332 e. The average molecular weight is 326 g/mol. The first-order valence-electron chi connectivity index (χ1n) is 7.81. The van der Waals surface area contributed by atoms with Gasteiger partial charge in [0, 0.05) is 11.3 Å². The SMILES string of the molecule is CCc1ccc(C(=O)NC(=S)Nc2ccccc2C(C)C)cc1. The Bertz CT molecular complexity index is 693. The third-order valence-corrected chi connectivity index (χ3v) is 3.89. The molecule has 0 aromatic heterocycles. The number of rotatable bonds is 4. The van der Waals surface area contributed by atoms with Gasteiger partial charge in [-0.05, 0) is 53.9 Å². The molecule has 0 fully saturated rings. The first-order chi connectivity index (χ1) is 11.0. The number of thiocarbonyl (C=S) groups is 1. The third kappa shape index (κ3) is 4.63. The Balaban J connectivity index is 2.03. The van der Waals surface area contributed by atoms with E-state index in [4.69, 9.17) is 12.2 Å². The van der Waals surface area contributed by atoms with E-state index < -0.39 is 0 Å². The van der Waals surface area contributed by atoms with E-state index in [1.165, 1.54) is 5.56 Å². The minimum atomic E-state index is -0.202. The molecule has 0 spiro atoms. The highest BCUT2D eigenvalue weighted by Crippen LogP contribution is 2.23. The Kier molecular flexibility index (Phi) is 5.88. The van der Waals surface area contributed by atoms with Gasteiger partial charge in [0.2, 0.25) is 0 Å². The number of hydrogen-bond acceptors (Lipinski definition) is 2. The van der Waals surface area contributed by atoms with E-state index in [1.54, 1.807) is 0 Å². The van der Waals surface area contributed by atoms with E-state index in [0.29, 0.717) is 16.6 Å². The molecule has 0 unspecified atom stereocenters. The van der Waals surface area contributed by atoms with E-state index >= 15 is 0 Å². The lowest BCUT2D eigenvalue weighted by molar-refractivity contribution is 0.0977. The first-order valence-corrected chi connectivity index (χ1v) is 8.22. The number of carbonyl (C=O) groups is 1. The summed E-state index contributed by atoms with van der Waals surface area (Å²) in [7, 11) is 0. The number of para-hydroxylation sites is 1. The molecular formula is C19H22N2OS. The summed E-state index contributed by atoms with van der Waals surface area (Å²) in [6.45, 7) is 6.33. The van der Waals surface area contributed by atoms with Crippen LogP contribution in [0, 0.1) is 0 Å². The van der Waals surface area contributed by atoms with Crippen LogP contribution in [0.2, 0.25) is 0 Å². The Morgan fingerprint density at radius 1 is 1.09 bits per heavy atom. The zero-order valence-electron chi connectivity index (χ0n) is 13.7. The molecule has 2 N–H and O–H groups in total. The largest absolute Gasteiger partial charge is 0.332 e. The number of carbonyl (C=O) groups excluding carboxylic acids is 1. The van der Waals surface area contributed by atoms with Gasteiger partial charge in [-0.2, -0.15) is 0 Å². The Hall–Kier alpha value is -2.20. The number of amides is 1. The van der Waals surface area contributed by atoms with Gasteiger partial charge in [-0.3, -0.25) is 10.1 Å². The van der Waals surface area contributed by atoms with Crippen molar-refractivity contribution in [1.29, 1.82) is 0 Å². The van der Waals surface area contributed by atoms with Crippen molar-refractivity contribution in [2.45, 2.75) is 33.1 Å². The Morgan fingerprint density at radius 2 is 1.74 bits per heavy atom. The van der Waals surface area contributed by atoms with E-state index in [0.717, 1.165) is 17.7 Å². The molecule has 0 aliphatic heterocycles. The lowest BCUT2D eigenvalue weighted by Crippen LogP contribution is -2.34. The normalized spacial score (nSPS) is 10.4. The number of aryl methyl sites for hydroxylation is 1. The number of hydrogen-bond donors (Lipinski definition) is 2. The van der Waals surface area contributed by atoms with Crippen LogP contribution >= 0.6 is 12.2 Å². The molecule has 3 nitrogen and oxygen atoms in total. The molecule has 0 bridgehead atoms. The fourth-order valence-electron chi connectivity index (χ4n) is 2.33. The van der Waals surface area contributed by atoms with Gasteiger partial charge in [0.1, 0.15) is 0 Å². The van der Waals surface area contributed by atoms with Gasteiger partial charge < -0.3 is 5.32 Å². The van der Waals surface area contributed by atoms with Crippen molar-refractivity contribution in [3.8, 4) is 0 Å². The fourth-order valence-corrected chi connectivity index (χ4v) is 2.54. The van der Waals surface area contributed by atoms with Gasteiger partial charge in [0.25, 0.3) is 5.91 Å². The van der Waals surface area contributed by atoms with E-state index in [1.807, 2.05) is 42.5 Å². The molecule has 0 radical (unpaired) electrons. The summed E-state index contributed by atoms with van der Waals surface area (Å²) < 4.78 is 0. The van der Waals surface area contributed by atoms with Crippen LogP contribution in [0.5, 0.6) is 0 Å². The summed E-state index contributed by atoms with van der Waals surface area (Å²) in [4.78, 5) is 12.2. The van der Waals surface area contributed by atoms with Gasteiger partial charge in [-0.1, -0.05) is 51.1 Å². The lowest BCUT2D eigenvalue weighted by atomic mass is 10.0. The van der Waals surface area contributed by atoms with E-state index in [-0.39, 0.29) is 5.91 Å². The molecule has 120 valence electrons. The summed E-state index contributed by atoms with van der Waals surface area (Å²) in [5.41, 5.74) is 3.89. The number of nitrogens with one attached hydrogen (secondary N) is 2. The summed E-state index contributed by atoms with van der Waals surface area (Å²) in [5.74, 6) is 0.172. The van der Waals surface area contributed by atoms with Crippen molar-refractivity contribution < 1.29 is 4.79 Å². The zero-order chi connectivity index (χ0) is 16.8. The highest BCUT2D eigenvalue weighted by atomic mass is 32.1. The predicted molar refractivity (Wildman–Crippen MR) is 100 cm³/mol. The molecule has 0 heterocycles. The van der Waals surface area contributed by atoms with Crippen molar-refractivity contribution in [3.63, 3.8) is 0 Å². The van der Waals surface area contributed by atoms with E-state index in [2.05, 4.69) is 37.5 Å². The lowest BCUT2D eigenvalue weighted by Gasteiger charge is -2.15. The highest BCUT2D eigenvalue weighted by Gasteiger charge is 2.10. The monoisotopic (exact) mass is 326 g/mol. The van der Waals surface area contributed by atoms with Crippen LogP contribution in [0.15, 0.2) is 48.5 Å². The minimum absolute atomic E-state index is 0.202. The van der Waals surface area contributed by atoms with Crippen molar-refractivity contribution in [2.24, 2.45) is 0 Å². The van der Waals surface area contributed by atoms with Crippen LogP contribution in [-0.4, -0.2) is 11.0 Å². The smallest absolute Gasteiger partial charge is 0.257 e.